The molecule has 0 saturated heterocycles. The SMILES string of the molecule is CCc1cc(-c2ccc(F)cc2)c(O)cc1OCCCCC(C)(C)CNC(=O)c1ccc(CN(CCSC)CC(=O)NCCSC)cc1. The van der Waals surface area contributed by atoms with Gasteiger partial charge in [0.1, 0.15) is 17.3 Å². The van der Waals surface area contributed by atoms with Crippen LogP contribution in [0.3, 0.4) is 0 Å². The molecule has 3 N–H and O–H groups in total. The average Bonchev–Trinajstić information content (AvgIpc) is 3.07. The van der Waals surface area contributed by atoms with E-state index >= 15 is 0 Å². The molecule has 0 saturated carbocycles. The van der Waals surface area contributed by atoms with Crippen molar-refractivity contribution >= 4 is 35.3 Å². The quantitative estimate of drug-likeness (QED) is 0.1000. The number of ether oxygens (including phenoxy) is 1. The number of aryl methyl sites for hydroxylation is 1. The molecule has 0 fully saturated rings. The van der Waals surface area contributed by atoms with Crippen LogP contribution in [0.25, 0.3) is 11.1 Å². The van der Waals surface area contributed by atoms with Crippen molar-refractivity contribution in [2.24, 2.45) is 5.41 Å². The molecular formula is C38H52FN3O4S2. The zero-order valence-corrected chi connectivity index (χ0v) is 30.7. The normalized spacial score (nSPS) is 11.5. The number of nitrogens with zero attached hydrogens (tertiary/aromatic N) is 1. The monoisotopic (exact) mass is 697 g/mol. The van der Waals surface area contributed by atoms with Crippen LogP contribution in [0, 0.1) is 11.2 Å². The first-order valence-corrected chi connectivity index (χ1v) is 19.4. The number of nitrogens with one attached hydrogen (secondary N) is 2. The van der Waals surface area contributed by atoms with Crippen molar-refractivity contribution in [2.75, 3.05) is 56.8 Å². The highest BCUT2D eigenvalue weighted by Gasteiger charge is 2.20. The Labute approximate surface area is 294 Å². The van der Waals surface area contributed by atoms with Crippen LogP contribution >= 0.6 is 23.5 Å². The van der Waals surface area contributed by atoms with Crippen molar-refractivity contribution < 1.29 is 23.8 Å². The van der Waals surface area contributed by atoms with Crippen LogP contribution in [0.15, 0.2) is 60.7 Å². The molecule has 3 aromatic rings. The van der Waals surface area contributed by atoms with Gasteiger partial charge in [-0.3, -0.25) is 14.5 Å². The molecule has 48 heavy (non-hydrogen) atoms. The number of phenolic OH excluding ortho intramolecular Hbond substituents is 1. The number of amides is 2. The van der Waals surface area contributed by atoms with E-state index in [1.54, 1.807) is 41.7 Å². The first-order valence-electron chi connectivity index (χ1n) is 16.6. The fourth-order valence-electron chi connectivity index (χ4n) is 5.29. The van der Waals surface area contributed by atoms with Gasteiger partial charge in [0.15, 0.2) is 0 Å². The van der Waals surface area contributed by atoms with Crippen LogP contribution in [-0.4, -0.2) is 78.6 Å². The molecule has 0 bridgehead atoms. The number of hydrogen-bond donors (Lipinski definition) is 3. The molecule has 0 aromatic heterocycles. The molecule has 0 aliphatic rings. The summed E-state index contributed by atoms with van der Waals surface area (Å²) in [5.41, 5.74) is 4.00. The van der Waals surface area contributed by atoms with E-state index in [1.165, 1.54) is 12.1 Å². The summed E-state index contributed by atoms with van der Waals surface area (Å²) < 4.78 is 19.4. The number of rotatable bonds is 21. The van der Waals surface area contributed by atoms with Crippen molar-refractivity contribution in [3.05, 3.63) is 83.2 Å². The summed E-state index contributed by atoms with van der Waals surface area (Å²) in [7, 11) is 0. The minimum atomic E-state index is -0.314. The molecule has 10 heteroatoms. The lowest BCUT2D eigenvalue weighted by molar-refractivity contribution is -0.122. The molecule has 0 radical (unpaired) electrons. The number of unbranched alkanes of at least 4 members (excludes halogenated alkanes) is 1. The summed E-state index contributed by atoms with van der Waals surface area (Å²) in [4.78, 5) is 27.5. The number of carbonyl (C=O) groups excluding carboxylic acids is 2. The fourth-order valence-corrected chi connectivity index (χ4v) is 6.04. The van der Waals surface area contributed by atoms with E-state index in [0.29, 0.717) is 49.7 Å². The van der Waals surface area contributed by atoms with E-state index < -0.39 is 0 Å². The van der Waals surface area contributed by atoms with Gasteiger partial charge in [-0.15, -0.1) is 0 Å². The maximum atomic E-state index is 13.4. The molecule has 0 spiro atoms. The molecule has 0 aliphatic carbocycles. The predicted molar refractivity (Wildman–Crippen MR) is 200 cm³/mol. The Hall–Kier alpha value is -3.21. The van der Waals surface area contributed by atoms with Crippen LogP contribution in [0.5, 0.6) is 11.5 Å². The highest BCUT2D eigenvalue weighted by Crippen LogP contribution is 2.36. The Kier molecular flexibility index (Phi) is 16.6. The number of phenols is 1. The predicted octanol–water partition coefficient (Wildman–Crippen LogP) is 7.41. The lowest BCUT2D eigenvalue weighted by Gasteiger charge is -2.25. The molecule has 0 unspecified atom stereocenters. The average molecular weight is 698 g/mol. The van der Waals surface area contributed by atoms with Crippen molar-refractivity contribution in [1.29, 1.82) is 0 Å². The standard InChI is InChI=1S/C38H52FN3O4S2/c1-6-29-23-33(30-13-15-32(39)16-14-30)34(43)24-35(29)46-20-8-7-17-38(2,3)27-41-37(45)31-11-9-28(10-12-31)25-42(19-22-48-5)26-36(44)40-18-21-47-4/h9-16,23-24,43H,6-8,17-22,25-27H2,1-5H3,(H,40,44)(H,41,45). The number of halogens is 1. The Balaban J connectivity index is 1.43. The third-order valence-corrected chi connectivity index (χ3v) is 9.38. The molecule has 3 rings (SSSR count). The fraction of sp³-hybridized carbons (Fsp3) is 0.474. The van der Waals surface area contributed by atoms with Gasteiger partial charge in [0, 0.05) is 54.9 Å². The van der Waals surface area contributed by atoms with E-state index in [9.17, 15) is 19.1 Å². The number of carbonyl (C=O) groups is 2. The summed E-state index contributed by atoms with van der Waals surface area (Å²) in [5, 5.41) is 16.7. The van der Waals surface area contributed by atoms with Gasteiger partial charge in [0.25, 0.3) is 5.91 Å². The summed E-state index contributed by atoms with van der Waals surface area (Å²) >= 11 is 3.47. The van der Waals surface area contributed by atoms with Crippen molar-refractivity contribution in [3.8, 4) is 22.6 Å². The van der Waals surface area contributed by atoms with Gasteiger partial charge in [-0.2, -0.15) is 23.5 Å². The summed E-state index contributed by atoms with van der Waals surface area (Å²) in [5.74, 6) is 2.24. The maximum absolute atomic E-state index is 13.4. The smallest absolute Gasteiger partial charge is 0.251 e. The van der Waals surface area contributed by atoms with E-state index in [0.717, 1.165) is 60.4 Å². The van der Waals surface area contributed by atoms with Gasteiger partial charge >= 0.3 is 0 Å². The minimum absolute atomic E-state index is 0.0384. The second-order valence-electron chi connectivity index (χ2n) is 12.7. The van der Waals surface area contributed by atoms with Crippen molar-refractivity contribution in [1.82, 2.24) is 15.5 Å². The lowest BCUT2D eigenvalue weighted by atomic mass is 9.87. The molecular weight excluding hydrogens is 646 g/mol. The van der Waals surface area contributed by atoms with Gasteiger partial charge in [-0.1, -0.05) is 45.0 Å². The Bertz CT molecular complexity index is 1440. The molecule has 0 atom stereocenters. The topological polar surface area (TPSA) is 90.9 Å². The lowest BCUT2D eigenvalue weighted by Crippen LogP contribution is -2.38. The molecule has 7 nitrogen and oxygen atoms in total. The van der Waals surface area contributed by atoms with E-state index in [4.69, 9.17) is 4.74 Å². The van der Waals surface area contributed by atoms with E-state index in [-0.39, 0.29) is 28.8 Å². The number of aromatic hydroxyl groups is 1. The minimum Gasteiger partial charge on any atom is -0.507 e. The Morgan fingerprint density at radius 3 is 2.33 bits per heavy atom. The summed E-state index contributed by atoms with van der Waals surface area (Å²) in [6.07, 6.45) is 7.53. The molecule has 262 valence electrons. The third kappa shape index (κ3) is 13.4. The molecule has 3 aromatic carbocycles. The number of thioether (sulfide) groups is 2. The van der Waals surface area contributed by atoms with Crippen molar-refractivity contribution in [3.63, 3.8) is 0 Å². The van der Waals surface area contributed by atoms with Gasteiger partial charge in [-0.25, -0.2) is 4.39 Å². The van der Waals surface area contributed by atoms with Gasteiger partial charge < -0.3 is 20.5 Å². The number of benzene rings is 3. The highest BCUT2D eigenvalue weighted by atomic mass is 32.2. The summed E-state index contributed by atoms with van der Waals surface area (Å²) in [6, 6.07) is 17.3. The van der Waals surface area contributed by atoms with Crippen LogP contribution in [0.4, 0.5) is 4.39 Å². The molecule has 0 heterocycles. The zero-order valence-electron chi connectivity index (χ0n) is 29.1. The highest BCUT2D eigenvalue weighted by molar-refractivity contribution is 7.98. The molecule has 2 amide bonds. The van der Waals surface area contributed by atoms with Gasteiger partial charge in [0.05, 0.1) is 13.2 Å². The zero-order chi connectivity index (χ0) is 34.9. The van der Waals surface area contributed by atoms with Crippen LogP contribution in [-0.2, 0) is 17.8 Å². The van der Waals surface area contributed by atoms with E-state index in [1.807, 2.05) is 43.5 Å². The second-order valence-corrected chi connectivity index (χ2v) is 14.7. The van der Waals surface area contributed by atoms with Crippen molar-refractivity contribution in [2.45, 2.75) is 53.0 Å². The number of hydrogen-bond acceptors (Lipinski definition) is 7. The van der Waals surface area contributed by atoms with Gasteiger partial charge in [-0.05, 0) is 90.6 Å². The molecule has 0 aliphatic heterocycles. The Morgan fingerprint density at radius 1 is 0.958 bits per heavy atom. The third-order valence-electron chi connectivity index (χ3n) is 8.18. The largest absolute Gasteiger partial charge is 0.507 e. The first-order chi connectivity index (χ1) is 23.0. The summed E-state index contributed by atoms with van der Waals surface area (Å²) in [6.45, 7) is 9.92. The van der Waals surface area contributed by atoms with Crippen LogP contribution in [0.1, 0.15) is 61.5 Å². The van der Waals surface area contributed by atoms with Gasteiger partial charge in [0.2, 0.25) is 5.91 Å². The van der Waals surface area contributed by atoms with Crippen LogP contribution in [0.2, 0.25) is 0 Å². The van der Waals surface area contributed by atoms with E-state index in [2.05, 4.69) is 35.6 Å². The first kappa shape index (κ1) is 39.2. The second kappa shape index (κ2) is 20.3. The Morgan fingerprint density at radius 2 is 1.67 bits per heavy atom. The maximum Gasteiger partial charge on any atom is 0.251 e. The van der Waals surface area contributed by atoms with Crippen LogP contribution < -0.4 is 15.4 Å².